The molecule has 0 atom stereocenters. The Morgan fingerprint density at radius 1 is 0.704 bits per heavy atom. The van der Waals surface area contributed by atoms with Crippen molar-refractivity contribution in [2.45, 2.75) is 12.8 Å². The normalized spacial score (nSPS) is 10.6. The van der Waals surface area contributed by atoms with Crippen LogP contribution in [-0.4, -0.2) is 22.2 Å². The van der Waals surface area contributed by atoms with Crippen molar-refractivity contribution >= 4 is 11.9 Å². The molecule has 3 aromatic rings. The zero-order chi connectivity index (χ0) is 19.4. The number of benzene rings is 3. The van der Waals surface area contributed by atoms with E-state index in [0.29, 0.717) is 23.1 Å². The first-order chi connectivity index (χ1) is 12.9. The molecule has 4 nitrogen and oxygen atoms in total. The number of aromatic carboxylic acids is 2. The Hall–Kier alpha value is -3.47. The molecule has 136 valence electrons. The number of carboxylic acids is 2. The molecule has 0 aromatic heterocycles. The number of carbonyl (C=O) groups is 2. The standard InChI is InChI=1S/C22H17FO4/c23-18-8-6-15(7-9-18)11-17-13-19(21(24)25)16(12-20(17)22(26)27)10-14-4-2-1-3-5-14/h1-9,12-13H,10-11H2,(H,24,25)(H,26,27). The van der Waals surface area contributed by atoms with Crippen LogP contribution in [0.4, 0.5) is 4.39 Å². The Bertz CT molecular complexity index is 979. The second-order valence-corrected chi connectivity index (χ2v) is 6.24. The van der Waals surface area contributed by atoms with Gasteiger partial charge in [0, 0.05) is 0 Å². The monoisotopic (exact) mass is 364 g/mol. The smallest absolute Gasteiger partial charge is 0.335 e. The lowest BCUT2D eigenvalue weighted by Gasteiger charge is -2.13. The zero-order valence-electron chi connectivity index (χ0n) is 14.4. The predicted octanol–water partition coefficient (Wildman–Crippen LogP) is 4.40. The third-order valence-electron chi connectivity index (χ3n) is 4.34. The first-order valence-electron chi connectivity index (χ1n) is 8.35. The topological polar surface area (TPSA) is 74.6 Å². The Balaban J connectivity index is 2.05. The molecule has 3 aromatic carbocycles. The lowest BCUT2D eigenvalue weighted by molar-refractivity contribution is 0.0679. The molecule has 0 aliphatic rings. The number of hydrogen-bond acceptors (Lipinski definition) is 2. The van der Waals surface area contributed by atoms with Crippen LogP contribution in [0.1, 0.15) is 43.0 Å². The first kappa shape index (κ1) is 18.3. The minimum absolute atomic E-state index is 0.0512. The van der Waals surface area contributed by atoms with Gasteiger partial charge < -0.3 is 10.2 Å². The van der Waals surface area contributed by atoms with Gasteiger partial charge in [0.25, 0.3) is 0 Å². The van der Waals surface area contributed by atoms with E-state index in [1.807, 2.05) is 30.3 Å². The largest absolute Gasteiger partial charge is 0.478 e. The summed E-state index contributed by atoms with van der Waals surface area (Å²) in [5, 5.41) is 19.2. The summed E-state index contributed by atoms with van der Waals surface area (Å²) in [5.41, 5.74) is 2.53. The fourth-order valence-electron chi connectivity index (χ4n) is 3.02. The first-order valence-corrected chi connectivity index (χ1v) is 8.35. The third kappa shape index (κ3) is 4.39. The summed E-state index contributed by atoms with van der Waals surface area (Å²) in [4.78, 5) is 23.5. The molecule has 0 fully saturated rings. The minimum atomic E-state index is -1.13. The van der Waals surface area contributed by atoms with Crippen LogP contribution in [0, 0.1) is 5.82 Å². The second-order valence-electron chi connectivity index (χ2n) is 6.24. The van der Waals surface area contributed by atoms with Gasteiger partial charge in [0.2, 0.25) is 0 Å². The van der Waals surface area contributed by atoms with Gasteiger partial charge in [-0.1, -0.05) is 42.5 Å². The van der Waals surface area contributed by atoms with Crippen molar-refractivity contribution in [2.24, 2.45) is 0 Å². The van der Waals surface area contributed by atoms with Crippen molar-refractivity contribution < 1.29 is 24.2 Å². The Morgan fingerprint density at radius 2 is 1.15 bits per heavy atom. The molecule has 2 N–H and O–H groups in total. The maximum absolute atomic E-state index is 13.1. The van der Waals surface area contributed by atoms with Crippen LogP contribution in [0.2, 0.25) is 0 Å². The number of rotatable bonds is 6. The molecule has 0 amide bonds. The number of carboxylic acid groups (broad SMARTS) is 2. The molecule has 0 bridgehead atoms. The summed E-state index contributed by atoms with van der Waals surface area (Å²) in [7, 11) is 0. The summed E-state index contributed by atoms with van der Waals surface area (Å²) in [6.45, 7) is 0. The predicted molar refractivity (Wildman–Crippen MR) is 98.8 cm³/mol. The summed E-state index contributed by atoms with van der Waals surface area (Å²) in [5.74, 6) is -2.63. The van der Waals surface area contributed by atoms with E-state index < -0.39 is 11.9 Å². The second kappa shape index (κ2) is 7.83. The van der Waals surface area contributed by atoms with Crippen LogP contribution in [0.5, 0.6) is 0 Å². The maximum Gasteiger partial charge on any atom is 0.335 e. The van der Waals surface area contributed by atoms with Crippen LogP contribution in [0.25, 0.3) is 0 Å². The highest BCUT2D eigenvalue weighted by atomic mass is 19.1. The van der Waals surface area contributed by atoms with Gasteiger partial charge in [0.05, 0.1) is 11.1 Å². The molecule has 0 saturated carbocycles. The summed E-state index contributed by atoms with van der Waals surface area (Å²) >= 11 is 0. The molecule has 3 rings (SSSR count). The zero-order valence-corrected chi connectivity index (χ0v) is 14.4. The molecule has 5 heteroatoms. The summed E-state index contributed by atoms with van der Waals surface area (Å²) in [6, 6.07) is 17.8. The fourth-order valence-corrected chi connectivity index (χ4v) is 3.02. The Kier molecular flexibility index (Phi) is 5.31. The molecule has 0 heterocycles. The van der Waals surface area contributed by atoms with Crippen molar-refractivity contribution in [3.05, 3.63) is 106 Å². The van der Waals surface area contributed by atoms with E-state index >= 15 is 0 Å². The van der Waals surface area contributed by atoms with Crippen molar-refractivity contribution in [1.82, 2.24) is 0 Å². The van der Waals surface area contributed by atoms with Gasteiger partial charge in [-0.25, -0.2) is 14.0 Å². The molecular formula is C22H17FO4. The molecular weight excluding hydrogens is 347 g/mol. The molecule has 0 unspecified atom stereocenters. The quantitative estimate of drug-likeness (QED) is 0.680. The highest BCUT2D eigenvalue weighted by Crippen LogP contribution is 2.23. The lowest BCUT2D eigenvalue weighted by atomic mass is 9.91. The fraction of sp³-hybridized carbons (Fsp3) is 0.0909. The Labute approximate surface area is 155 Å². The van der Waals surface area contributed by atoms with Gasteiger partial charge in [0.1, 0.15) is 5.82 Å². The molecule has 0 aliphatic heterocycles. The van der Waals surface area contributed by atoms with Crippen LogP contribution in [-0.2, 0) is 12.8 Å². The van der Waals surface area contributed by atoms with E-state index in [1.165, 1.54) is 24.3 Å². The van der Waals surface area contributed by atoms with Crippen molar-refractivity contribution in [3.63, 3.8) is 0 Å². The van der Waals surface area contributed by atoms with Crippen LogP contribution >= 0.6 is 0 Å². The number of halogens is 1. The highest BCUT2D eigenvalue weighted by molar-refractivity contribution is 5.95. The van der Waals surface area contributed by atoms with Gasteiger partial charge in [-0.2, -0.15) is 0 Å². The van der Waals surface area contributed by atoms with E-state index in [9.17, 15) is 24.2 Å². The van der Waals surface area contributed by atoms with E-state index in [2.05, 4.69) is 0 Å². The van der Waals surface area contributed by atoms with Crippen LogP contribution < -0.4 is 0 Å². The average molecular weight is 364 g/mol. The van der Waals surface area contributed by atoms with Gasteiger partial charge in [-0.15, -0.1) is 0 Å². The summed E-state index contributed by atoms with van der Waals surface area (Å²) < 4.78 is 13.1. The molecule has 0 radical (unpaired) electrons. The average Bonchev–Trinajstić information content (AvgIpc) is 2.65. The molecule has 0 aliphatic carbocycles. The van der Waals surface area contributed by atoms with Gasteiger partial charge in [-0.3, -0.25) is 0 Å². The van der Waals surface area contributed by atoms with Crippen LogP contribution in [0.15, 0.2) is 66.7 Å². The van der Waals surface area contributed by atoms with Gasteiger partial charge >= 0.3 is 11.9 Å². The maximum atomic E-state index is 13.1. The summed E-state index contributed by atoms with van der Waals surface area (Å²) in [6.07, 6.45) is 0.521. The Morgan fingerprint density at radius 3 is 1.59 bits per heavy atom. The van der Waals surface area contributed by atoms with Gasteiger partial charge in [-0.05, 0) is 59.4 Å². The lowest BCUT2D eigenvalue weighted by Crippen LogP contribution is -2.11. The van der Waals surface area contributed by atoms with E-state index in [4.69, 9.17) is 0 Å². The van der Waals surface area contributed by atoms with Crippen molar-refractivity contribution in [2.75, 3.05) is 0 Å². The van der Waals surface area contributed by atoms with Crippen molar-refractivity contribution in [3.8, 4) is 0 Å². The number of hydrogen-bond donors (Lipinski definition) is 2. The van der Waals surface area contributed by atoms with Crippen molar-refractivity contribution in [1.29, 1.82) is 0 Å². The SMILES string of the molecule is O=C(O)c1cc(Cc2ccc(F)cc2)c(C(=O)O)cc1Cc1ccccc1. The van der Waals surface area contributed by atoms with E-state index in [1.54, 1.807) is 12.1 Å². The van der Waals surface area contributed by atoms with Crippen LogP contribution in [0.3, 0.4) is 0 Å². The van der Waals surface area contributed by atoms with E-state index in [-0.39, 0.29) is 23.4 Å². The highest BCUT2D eigenvalue weighted by Gasteiger charge is 2.19. The third-order valence-corrected chi connectivity index (χ3v) is 4.34. The van der Waals surface area contributed by atoms with Gasteiger partial charge in [0.15, 0.2) is 0 Å². The van der Waals surface area contributed by atoms with E-state index in [0.717, 1.165) is 5.56 Å². The molecule has 27 heavy (non-hydrogen) atoms. The minimum Gasteiger partial charge on any atom is -0.478 e. The molecule has 0 saturated heterocycles. The molecule has 0 spiro atoms.